The van der Waals surface area contributed by atoms with Gasteiger partial charge in [-0.1, -0.05) is 42.1 Å². The summed E-state index contributed by atoms with van der Waals surface area (Å²) < 4.78 is 0. The fraction of sp³-hybridized carbons (Fsp3) is 0. The molecule has 0 aliphatic rings. The average molecular weight is 387 g/mol. The van der Waals surface area contributed by atoms with Crippen molar-refractivity contribution in [3.05, 3.63) is 90.6 Å². The Balaban J connectivity index is 1.73. The van der Waals surface area contributed by atoms with Crippen LogP contribution in [0.1, 0.15) is 0 Å². The number of benzene rings is 3. The number of hydrogen-bond donors (Lipinski definition) is 3. The maximum absolute atomic E-state index is 12.3. The van der Waals surface area contributed by atoms with Crippen LogP contribution >= 0.6 is 11.8 Å². The van der Waals surface area contributed by atoms with E-state index >= 15 is 0 Å². The molecule has 0 atom stereocenters. The Morgan fingerprint density at radius 1 is 0.964 bits per heavy atom. The van der Waals surface area contributed by atoms with E-state index in [0.717, 1.165) is 15.5 Å². The number of aromatic hydroxyl groups is 1. The minimum absolute atomic E-state index is 0.0624. The molecule has 0 fully saturated rings. The second kappa shape index (κ2) is 9.31. The van der Waals surface area contributed by atoms with Crippen molar-refractivity contribution < 1.29 is 9.90 Å². The van der Waals surface area contributed by atoms with E-state index in [0.29, 0.717) is 5.69 Å². The molecule has 3 aromatic rings. The van der Waals surface area contributed by atoms with Crippen LogP contribution in [0.2, 0.25) is 0 Å². The minimum Gasteiger partial charge on any atom is -0.508 e. The molecule has 0 radical (unpaired) electrons. The molecule has 0 unspecified atom stereocenters. The zero-order chi connectivity index (χ0) is 19.8. The van der Waals surface area contributed by atoms with Crippen LogP contribution in [0.5, 0.6) is 5.75 Å². The van der Waals surface area contributed by atoms with Crippen molar-refractivity contribution >= 4 is 29.0 Å². The Bertz CT molecular complexity index is 1030. The molecule has 0 spiro atoms. The molecule has 6 heteroatoms. The fourth-order valence-electron chi connectivity index (χ4n) is 2.33. The lowest BCUT2D eigenvalue weighted by atomic mass is 10.2. The second-order valence-electron chi connectivity index (χ2n) is 5.73. The van der Waals surface area contributed by atoms with E-state index in [4.69, 9.17) is 0 Å². The topological polar surface area (TPSA) is 85.2 Å². The third kappa shape index (κ3) is 5.16. The SMILES string of the molecule is N#C/C(=C/Nc1ccccc1Sc1ccccc1)C(=O)Nc1ccc(O)cc1. The number of nitrogens with zero attached hydrogens (tertiary/aromatic N) is 1. The van der Waals surface area contributed by atoms with E-state index in [1.165, 1.54) is 18.3 Å². The summed E-state index contributed by atoms with van der Waals surface area (Å²) >= 11 is 1.59. The van der Waals surface area contributed by atoms with Crippen LogP contribution in [0.15, 0.2) is 100 Å². The molecule has 1 amide bonds. The first-order valence-electron chi connectivity index (χ1n) is 8.45. The molecule has 28 heavy (non-hydrogen) atoms. The van der Waals surface area contributed by atoms with Gasteiger partial charge in [0.15, 0.2) is 0 Å². The van der Waals surface area contributed by atoms with Gasteiger partial charge in [-0.25, -0.2) is 0 Å². The number of hydrogen-bond acceptors (Lipinski definition) is 5. The lowest BCUT2D eigenvalue weighted by molar-refractivity contribution is -0.112. The largest absolute Gasteiger partial charge is 0.508 e. The molecule has 0 aliphatic heterocycles. The zero-order valence-electron chi connectivity index (χ0n) is 14.8. The maximum atomic E-state index is 12.3. The molecule has 0 aliphatic carbocycles. The Labute approximate surface area is 167 Å². The number of phenolic OH excluding ortho intramolecular Hbond substituents is 1. The highest BCUT2D eigenvalue weighted by molar-refractivity contribution is 7.99. The van der Waals surface area contributed by atoms with Crippen LogP contribution in [0.25, 0.3) is 0 Å². The maximum Gasteiger partial charge on any atom is 0.267 e. The molecule has 0 saturated heterocycles. The Hall–Kier alpha value is -3.69. The van der Waals surface area contributed by atoms with E-state index in [-0.39, 0.29) is 11.3 Å². The van der Waals surface area contributed by atoms with Crippen LogP contribution in [0.4, 0.5) is 11.4 Å². The van der Waals surface area contributed by atoms with Gasteiger partial charge in [-0.05, 0) is 48.5 Å². The number of nitriles is 1. The molecule has 0 heterocycles. The molecule has 3 aromatic carbocycles. The molecule has 3 rings (SSSR count). The number of carbonyl (C=O) groups is 1. The van der Waals surface area contributed by atoms with Gasteiger partial charge in [-0.2, -0.15) is 5.26 Å². The molecular weight excluding hydrogens is 370 g/mol. The van der Waals surface area contributed by atoms with Crippen molar-refractivity contribution in [3.63, 3.8) is 0 Å². The van der Waals surface area contributed by atoms with Crippen LogP contribution in [-0.2, 0) is 4.79 Å². The van der Waals surface area contributed by atoms with Crippen molar-refractivity contribution in [1.82, 2.24) is 0 Å². The van der Waals surface area contributed by atoms with E-state index in [1.807, 2.05) is 60.7 Å². The summed E-state index contributed by atoms with van der Waals surface area (Å²) in [7, 11) is 0. The molecule has 3 N–H and O–H groups in total. The van der Waals surface area contributed by atoms with Crippen molar-refractivity contribution in [2.75, 3.05) is 10.6 Å². The zero-order valence-corrected chi connectivity index (χ0v) is 15.6. The summed E-state index contributed by atoms with van der Waals surface area (Å²) in [5.74, 6) is -0.433. The van der Waals surface area contributed by atoms with Gasteiger partial charge in [-0.15, -0.1) is 0 Å². The summed E-state index contributed by atoms with van der Waals surface area (Å²) in [5.41, 5.74) is 1.22. The molecule has 0 aromatic heterocycles. The highest BCUT2D eigenvalue weighted by Crippen LogP contribution is 2.33. The quantitative estimate of drug-likeness (QED) is 0.315. The van der Waals surface area contributed by atoms with Gasteiger partial charge in [0.05, 0.1) is 5.69 Å². The lowest BCUT2D eigenvalue weighted by Crippen LogP contribution is -2.14. The van der Waals surface area contributed by atoms with Gasteiger partial charge < -0.3 is 15.7 Å². The standard InChI is InChI=1S/C22H17N3O2S/c23-14-16(22(27)25-17-10-12-18(26)13-11-17)15-24-20-8-4-5-9-21(20)28-19-6-2-1-3-7-19/h1-13,15,24,26H,(H,25,27)/b16-15-. The van der Waals surface area contributed by atoms with Gasteiger partial charge >= 0.3 is 0 Å². The van der Waals surface area contributed by atoms with Crippen molar-refractivity contribution in [2.24, 2.45) is 0 Å². The summed E-state index contributed by atoms with van der Waals surface area (Å²) in [5, 5.41) is 24.3. The summed E-state index contributed by atoms with van der Waals surface area (Å²) in [6, 6.07) is 25.5. The second-order valence-corrected chi connectivity index (χ2v) is 6.84. The Morgan fingerprint density at radius 3 is 2.36 bits per heavy atom. The van der Waals surface area contributed by atoms with Crippen LogP contribution in [0, 0.1) is 11.3 Å². The summed E-state index contributed by atoms with van der Waals surface area (Å²) in [6.45, 7) is 0. The third-order valence-electron chi connectivity index (χ3n) is 3.72. The Morgan fingerprint density at radius 2 is 1.64 bits per heavy atom. The van der Waals surface area contributed by atoms with Crippen molar-refractivity contribution in [1.29, 1.82) is 5.26 Å². The van der Waals surface area contributed by atoms with Gasteiger partial charge in [-0.3, -0.25) is 4.79 Å². The van der Waals surface area contributed by atoms with Crippen LogP contribution in [-0.4, -0.2) is 11.0 Å². The van der Waals surface area contributed by atoms with E-state index < -0.39 is 5.91 Å². The van der Waals surface area contributed by atoms with Gasteiger partial charge in [0.1, 0.15) is 17.4 Å². The van der Waals surface area contributed by atoms with E-state index in [9.17, 15) is 15.2 Å². The highest BCUT2D eigenvalue weighted by Gasteiger charge is 2.10. The van der Waals surface area contributed by atoms with Crippen LogP contribution in [0.3, 0.4) is 0 Å². The molecule has 138 valence electrons. The number of phenols is 1. The number of nitrogens with one attached hydrogen (secondary N) is 2. The Kier molecular flexibility index (Phi) is 6.34. The predicted octanol–water partition coefficient (Wildman–Crippen LogP) is 5.00. The van der Waals surface area contributed by atoms with Gasteiger partial charge in [0.25, 0.3) is 5.91 Å². The van der Waals surface area contributed by atoms with Crippen molar-refractivity contribution in [2.45, 2.75) is 9.79 Å². The summed E-state index contributed by atoms with van der Waals surface area (Å²) in [4.78, 5) is 14.4. The first-order chi connectivity index (χ1) is 13.7. The highest BCUT2D eigenvalue weighted by atomic mass is 32.2. The fourth-order valence-corrected chi connectivity index (χ4v) is 3.26. The number of anilines is 2. The number of rotatable bonds is 6. The van der Waals surface area contributed by atoms with Gasteiger partial charge in [0.2, 0.25) is 0 Å². The third-order valence-corrected chi connectivity index (χ3v) is 4.80. The smallest absolute Gasteiger partial charge is 0.267 e. The first-order valence-corrected chi connectivity index (χ1v) is 9.26. The number of amides is 1. The normalized spacial score (nSPS) is 10.8. The summed E-state index contributed by atoms with van der Waals surface area (Å²) in [6.07, 6.45) is 1.39. The lowest BCUT2D eigenvalue weighted by Gasteiger charge is -2.09. The first kappa shape index (κ1) is 19.1. The van der Waals surface area contributed by atoms with E-state index in [2.05, 4.69) is 10.6 Å². The molecule has 5 nitrogen and oxygen atoms in total. The van der Waals surface area contributed by atoms with Crippen molar-refractivity contribution in [3.8, 4) is 11.8 Å². The van der Waals surface area contributed by atoms with Gasteiger partial charge in [0, 0.05) is 21.7 Å². The average Bonchev–Trinajstić information content (AvgIpc) is 2.72. The van der Waals surface area contributed by atoms with Crippen LogP contribution < -0.4 is 10.6 Å². The molecular formula is C22H17N3O2S. The predicted molar refractivity (Wildman–Crippen MR) is 111 cm³/mol. The number of carbonyl (C=O) groups excluding carboxylic acids is 1. The monoisotopic (exact) mass is 387 g/mol. The minimum atomic E-state index is -0.533. The molecule has 0 saturated carbocycles. The molecule has 0 bridgehead atoms. The van der Waals surface area contributed by atoms with E-state index in [1.54, 1.807) is 23.9 Å². The number of para-hydroxylation sites is 1.